The van der Waals surface area contributed by atoms with Gasteiger partial charge in [0.2, 0.25) is 0 Å². The highest BCUT2D eigenvalue weighted by Gasteiger charge is 2.18. The van der Waals surface area contributed by atoms with Gasteiger partial charge < -0.3 is 0 Å². The Morgan fingerprint density at radius 2 is 2.12 bits per heavy atom. The fourth-order valence-corrected chi connectivity index (χ4v) is 3.26. The first-order valence-electron chi connectivity index (χ1n) is 6.69. The van der Waals surface area contributed by atoms with Crippen molar-refractivity contribution in [3.05, 3.63) is 29.6 Å². The van der Waals surface area contributed by atoms with Gasteiger partial charge in [0.25, 0.3) is 0 Å². The normalized spacial score (nSPS) is 25.5. The summed E-state index contributed by atoms with van der Waals surface area (Å²) < 4.78 is 2.18. The van der Waals surface area contributed by atoms with Gasteiger partial charge >= 0.3 is 0 Å². The SMILES string of the molecule is ClC1C=C(Cc2ccn(C3CCCC3)n2)CC1. The molecule has 17 heavy (non-hydrogen) atoms. The predicted molar refractivity (Wildman–Crippen MR) is 70.4 cm³/mol. The van der Waals surface area contributed by atoms with E-state index in [0.717, 1.165) is 19.3 Å². The van der Waals surface area contributed by atoms with Crippen molar-refractivity contribution in [3.8, 4) is 0 Å². The van der Waals surface area contributed by atoms with Crippen LogP contribution in [0.2, 0.25) is 0 Å². The van der Waals surface area contributed by atoms with Crippen LogP contribution in [0.5, 0.6) is 0 Å². The Labute approximate surface area is 108 Å². The van der Waals surface area contributed by atoms with Gasteiger partial charge in [0, 0.05) is 12.6 Å². The summed E-state index contributed by atoms with van der Waals surface area (Å²) in [4.78, 5) is 0. The lowest BCUT2D eigenvalue weighted by atomic mass is 10.1. The molecule has 2 nitrogen and oxygen atoms in total. The van der Waals surface area contributed by atoms with Crippen LogP contribution in [0.4, 0.5) is 0 Å². The number of halogens is 1. The van der Waals surface area contributed by atoms with E-state index in [1.165, 1.54) is 37.0 Å². The molecule has 2 aliphatic carbocycles. The van der Waals surface area contributed by atoms with Crippen molar-refractivity contribution in [2.45, 2.75) is 56.4 Å². The van der Waals surface area contributed by atoms with Gasteiger partial charge in [-0.1, -0.05) is 24.5 Å². The van der Waals surface area contributed by atoms with Crippen LogP contribution in [0.3, 0.4) is 0 Å². The van der Waals surface area contributed by atoms with Crippen molar-refractivity contribution in [2.24, 2.45) is 0 Å². The molecule has 1 saturated carbocycles. The smallest absolute Gasteiger partial charge is 0.0665 e. The molecule has 0 saturated heterocycles. The quantitative estimate of drug-likeness (QED) is 0.588. The molecule has 0 amide bonds. The molecule has 0 aromatic carbocycles. The number of hydrogen-bond acceptors (Lipinski definition) is 1. The fraction of sp³-hybridized carbons (Fsp3) is 0.643. The summed E-state index contributed by atoms with van der Waals surface area (Å²) in [5.74, 6) is 0. The summed E-state index contributed by atoms with van der Waals surface area (Å²) in [5.41, 5.74) is 2.66. The molecule has 1 aromatic rings. The molecule has 1 aromatic heterocycles. The van der Waals surface area contributed by atoms with Gasteiger partial charge in [-0.05, 0) is 31.7 Å². The Hall–Kier alpha value is -0.760. The van der Waals surface area contributed by atoms with Crippen LogP contribution in [0.15, 0.2) is 23.9 Å². The molecule has 0 spiro atoms. The van der Waals surface area contributed by atoms with Crippen molar-refractivity contribution in [1.29, 1.82) is 0 Å². The van der Waals surface area contributed by atoms with Crippen LogP contribution >= 0.6 is 11.6 Å². The fourth-order valence-electron chi connectivity index (χ4n) is 2.97. The third-order valence-electron chi connectivity index (χ3n) is 3.93. The van der Waals surface area contributed by atoms with E-state index in [1.807, 2.05) is 0 Å². The minimum atomic E-state index is 0.252. The van der Waals surface area contributed by atoms with E-state index in [-0.39, 0.29) is 5.38 Å². The molecule has 92 valence electrons. The second-order valence-electron chi connectivity index (χ2n) is 5.28. The lowest BCUT2D eigenvalue weighted by Gasteiger charge is -2.08. The summed E-state index contributed by atoms with van der Waals surface area (Å²) in [5, 5.41) is 4.97. The van der Waals surface area contributed by atoms with Crippen LogP contribution in [0.25, 0.3) is 0 Å². The van der Waals surface area contributed by atoms with E-state index in [0.29, 0.717) is 6.04 Å². The van der Waals surface area contributed by atoms with Gasteiger partial charge in [0.05, 0.1) is 17.1 Å². The van der Waals surface area contributed by atoms with Gasteiger partial charge in [-0.25, -0.2) is 0 Å². The summed E-state index contributed by atoms with van der Waals surface area (Å²) in [7, 11) is 0. The maximum atomic E-state index is 6.08. The average Bonchev–Trinajstić information content (AvgIpc) is 3.00. The molecule has 2 aliphatic rings. The van der Waals surface area contributed by atoms with Crippen LogP contribution in [-0.2, 0) is 6.42 Å². The minimum absolute atomic E-state index is 0.252. The number of alkyl halides is 1. The second kappa shape index (κ2) is 4.85. The predicted octanol–water partition coefficient (Wildman–Crippen LogP) is 3.87. The van der Waals surface area contributed by atoms with E-state index in [2.05, 4.69) is 23.0 Å². The maximum absolute atomic E-state index is 6.08. The lowest BCUT2D eigenvalue weighted by molar-refractivity contribution is 0.463. The minimum Gasteiger partial charge on any atom is -0.269 e. The molecule has 0 N–H and O–H groups in total. The largest absolute Gasteiger partial charge is 0.269 e. The molecule has 1 heterocycles. The summed E-state index contributed by atoms with van der Waals surface area (Å²) in [6.07, 6.45) is 12.9. The Morgan fingerprint density at radius 3 is 2.82 bits per heavy atom. The zero-order valence-corrected chi connectivity index (χ0v) is 10.9. The standard InChI is InChI=1S/C14H19ClN2/c15-12-6-5-11(9-12)10-13-7-8-17(16-13)14-3-1-2-4-14/h7-9,12,14H,1-6,10H2. The van der Waals surface area contributed by atoms with Crippen molar-refractivity contribution >= 4 is 11.6 Å². The lowest BCUT2D eigenvalue weighted by Crippen LogP contribution is -2.05. The number of rotatable bonds is 3. The number of aromatic nitrogens is 2. The Bertz CT molecular complexity index is 416. The number of nitrogens with zero attached hydrogens (tertiary/aromatic N) is 2. The first kappa shape index (κ1) is 11.3. The van der Waals surface area contributed by atoms with E-state index in [1.54, 1.807) is 0 Å². The van der Waals surface area contributed by atoms with Crippen LogP contribution in [0.1, 0.15) is 50.3 Å². The molecular weight excluding hydrogens is 232 g/mol. The topological polar surface area (TPSA) is 17.8 Å². The van der Waals surface area contributed by atoms with Crippen molar-refractivity contribution in [1.82, 2.24) is 9.78 Å². The highest BCUT2D eigenvalue weighted by atomic mass is 35.5. The van der Waals surface area contributed by atoms with Crippen molar-refractivity contribution in [2.75, 3.05) is 0 Å². The Morgan fingerprint density at radius 1 is 1.29 bits per heavy atom. The summed E-state index contributed by atoms with van der Waals surface area (Å²) in [6, 6.07) is 2.82. The monoisotopic (exact) mass is 250 g/mol. The molecule has 0 aliphatic heterocycles. The molecule has 0 radical (unpaired) electrons. The van der Waals surface area contributed by atoms with Crippen LogP contribution in [-0.4, -0.2) is 15.2 Å². The summed E-state index contributed by atoms with van der Waals surface area (Å²) in [6.45, 7) is 0. The first-order chi connectivity index (χ1) is 8.31. The van der Waals surface area contributed by atoms with Gasteiger partial charge in [-0.3, -0.25) is 4.68 Å². The Kier molecular flexibility index (Phi) is 3.24. The number of hydrogen-bond donors (Lipinski definition) is 0. The molecule has 1 fully saturated rings. The van der Waals surface area contributed by atoms with E-state index in [9.17, 15) is 0 Å². The zero-order valence-electron chi connectivity index (χ0n) is 10.1. The van der Waals surface area contributed by atoms with E-state index < -0.39 is 0 Å². The van der Waals surface area contributed by atoms with Crippen molar-refractivity contribution < 1.29 is 0 Å². The van der Waals surface area contributed by atoms with Crippen LogP contribution in [0, 0.1) is 0 Å². The van der Waals surface area contributed by atoms with Gasteiger partial charge in [-0.2, -0.15) is 5.10 Å². The van der Waals surface area contributed by atoms with Gasteiger partial charge in [-0.15, -0.1) is 11.6 Å². The molecule has 3 rings (SSSR count). The average molecular weight is 251 g/mol. The van der Waals surface area contributed by atoms with Gasteiger partial charge in [0.1, 0.15) is 0 Å². The molecule has 1 unspecified atom stereocenters. The molecular formula is C14H19ClN2. The third kappa shape index (κ3) is 2.57. The first-order valence-corrected chi connectivity index (χ1v) is 7.12. The molecule has 1 atom stereocenters. The van der Waals surface area contributed by atoms with Gasteiger partial charge in [0.15, 0.2) is 0 Å². The highest BCUT2D eigenvalue weighted by Crippen LogP contribution is 2.29. The van der Waals surface area contributed by atoms with E-state index in [4.69, 9.17) is 16.7 Å². The summed E-state index contributed by atoms with van der Waals surface area (Å²) >= 11 is 6.08. The Balaban J connectivity index is 1.66. The zero-order chi connectivity index (χ0) is 11.7. The molecule has 0 bridgehead atoms. The maximum Gasteiger partial charge on any atom is 0.0665 e. The second-order valence-corrected chi connectivity index (χ2v) is 5.84. The molecule has 3 heteroatoms. The third-order valence-corrected chi connectivity index (χ3v) is 4.27. The van der Waals surface area contributed by atoms with E-state index >= 15 is 0 Å². The highest BCUT2D eigenvalue weighted by molar-refractivity contribution is 6.22. The van der Waals surface area contributed by atoms with Crippen LogP contribution < -0.4 is 0 Å². The number of allylic oxidation sites excluding steroid dienone is 2. The van der Waals surface area contributed by atoms with Crippen molar-refractivity contribution in [3.63, 3.8) is 0 Å².